The van der Waals surface area contributed by atoms with E-state index in [0.717, 1.165) is 6.42 Å². The van der Waals surface area contributed by atoms with Gasteiger partial charge < -0.3 is 4.90 Å². The molecule has 0 spiro atoms. The second-order valence-corrected chi connectivity index (χ2v) is 6.40. The van der Waals surface area contributed by atoms with Crippen LogP contribution in [0.4, 0.5) is 5.69 Å². The predicted octanol–water partition coefficient (Wildman–Crippen LogP) is 4.52. The quantitative estimate of drug-likeness (QED) is 0.796. The second kappa shape index (κ2) is 5.08. The SMILES string of the molecule is CC(C)c1ccnc2c3c(ccc12)N(C(C)C)CCC3. The number of anilines is 1. The lowest BCUT2D eigenvalue weighted by Crippen LogP contribution is -2.35. The van der Waals surface area contributed by atoms with Gasteiger partial charge in [-0.05, 0) is 50.3 Å². The van der Waals surface area contributed by atoms with Gasteiger partial charge in [-0.3, -0.25) is 4.98 Å². The first-order valence-electron chi connectivity index (χ1n) is 7.76. The Balaban J connectivity index is 2.24. The van der Waals surface area contributed by atoms with Gasteiger partial charge in [-0.1, -0.05) is 19.9 Å². The number of benzene rings is 1. The molecule has 0 amide bonds. The summed E-state index contributed by atoms with van der Waals surface area (Å²) in [7, 11) is 0. The van der Waals surface area contributed by atoms with E-state index in [1.165, 1.54) is 40.7 Å². The lowest BCUT2D eigenvalue weighted by molar-refractivity contribution is 0.627. The molecule has 2 heteroatoms. The standard InChI is InChI=1S/C18H24N2/c1-12(2)14-9-10-19-18-15(14)7-8-17-16(18)6-5-11-20(17)13(3)4/h7-10,12-13H,5-6,11H2,1-4H3. The van der Waals surface area contributed by atoms with Crippen LogP contribution in [0.5, 0.6) is 0 Å². The second-order valence-electron chi connectivity index (χ2n) is 6.40. The fourth-order valence-electron chi connectivity index (χ4n) is 3.39. The van der Waals surface area contributed by atoms with Gasteiger partial charge in [-0.15, -0.1) is 0 Å². The maximum Gasteiger partial charge on any atom is 0.0757 e. The zero-order chi connectivity index (χ0) is 14.3. The van der Waals surface area contributed by atoms with E-state index in [4.69, 9.17) is 4.98 Å². The number of aryl methyl sites for hydroxylation is 1. The smallest absolute Gasteiger partial charge is 0.0757 e. The third-order valence-corrected chi connectivity index (χ3v) is 4.41. The highest BCUT2D eigenvalue weighted by Gasteiger charge is 2.22. The van der Waals surface area contributed by atoms with Crippen molar-refractivity contribution in [1.29, 1.82) is 0 Å². The number of pyridine rings is 1. The van der Waals surface area contributed by atoms with Crippen LogP contribution >= 0.6 is 0 Å². The largest absolute Gasteiger partial charge is 0.369 e. The summed E-state index contributed by atoms with van der Waals surface area (Å²) in [6.45, 7) is 10.2. The van der Waals surface area contributed by atoms with Crippen LogP contribution in [-0.4, -0.2) is 17.6 Å². The first kappa shape index (κ1) is 13.4. The van der Waals surface area contributed by atoms with Crippen molar-refractivity contribution in [3.63, 3.8) is 0 Å². The molecule has 0 saturated heterocycles. The molecule has 2 heterocycles. The van der Waals surface area contributed by atoms with Gasteiger partial charge in [0.1, 0.15) is 0 Å². The highest BCUT2D eigenvalue weighted by Crippen LogP contribution is 2.35. The molecule has 0 fully saturated rings. The Morgan fingerprint density at radius 1 is 1.10 bits per heavy atom. The van der Waals surface area contributed by atoms with E-state index in [2.05, 4.69) is 50.8 Å². The molecule has 106 valence electrons. The van der Waals surface area contributed by atoms with E-state index < -0.39 is 0 Å². The third kappa shape index (κ3) is 2.07. The molecule has 2 aromatic rings. The van der Waals surface area contributed by atoms with E-state index in [0.29, 0.717) is 12.0 Å². The molecule has 0 aliphatic carbocycles. The van der Waals surface area contributed by atoms with Crippen molar-refractivity contribution in [2.45, 2.75) is 52.5 Å². The van der Waals surface area contributed by atoms with Crippen LogP contribution in [0.15, 0.2) is 24.4 Å². The molecule has 2 nitrogen and oxygen atoms in total. The molecule has 3 rings (SSSR count). The molecule has 0 bridgehead atoms. The van der Waals surface area contributed by atoms with Gasteiger partial charge in [0.05, 0.1) is 5.52 Å². The molecule has 1 aromatic carbocycles. The summed E-state index contributed by atoms with van der Waals surface area (Å²) in [5.74, 6) is 0.545. The van der Waals surface area contributed by atoms with Gasteiger partial charge in [0.15, 0.2) is 0 Å². The Kier molecular flexibility index (Phi) is 3.41. The van der Waals surface area contributed by atoms with E-state index in [9.17, 15) is 0 Å². The zero-order valence-corrected chi connectivity index (χ0v) is 13.0. The van der Waals surface area contributed by atoms with Crippen LogP contribution in [-0.2, 0) is 6.42 Å². The number of hydrogen-bond acceptors (Lipinski definition) is 2. The van der Waals surface area contributed by atoms with Crippen molar-refractivity contribution in [3.8, 4) is 0 Å². The van der Waals surface area contributed by atoms with Crippen LogP contribution in [0.3, 0.4) is 0 Å². The van der Waals surface area contributed by atoms with Crippen molar-refractivity contribution in [1.82, 2.24) is 4.98 Å². The summed E-state index contributed by atoms with van der Waals surface area (Å²) >= 11 is 0. The van der Waals surface area contributed by atoms with E-state index >= 15 is 0 Å². The third-order valence-electron chi connectivity index (χ3n) is 4.41. The fraction of sp³-hybridized carbons (Fsp3) is 0.500. The summed E-state index contributed by atoms with van der Waals surface area (Å²) in [5.41, 5.74) is 5.48. The van der Waals surface area contributed by atoms with Gasteiger partial charge in [0.2, 0.25) is 0 Å². The van der Waals surface area contributed by atoms with Crippen LogP contribution in [0, 0.1) is 0 Å². The number of aromatic nitrogens is 1. The lowest BCUT2D eigenvalue weighted by atomic mass is 9.92. The first-order chi connectivity index (χ1) is 9.59. The van der Waals surface area contributed by atoms with Gasteiger partial charge in [0, 0.05) is 35.4 Å². The van der Waals surface area contributed by atoms with Crippen molar-refractivity contribution < 1.29 is 0 Å². The van der Waals surface area contributed by atoms with Crippen LogP contribution in [0.25, 0.3) is 10.9 Å². The molecule has 0 radical (unpaired) electrons. The van der Waals surface area contributed by atoms with Crippen molar-refractivity contribution in [2.75, 3.05) is 11.4 Å². The number of hydrogen-bond donors (Lipinski definition) is 0. The summed E-state index contributed by atoms with van der Waals surface area (Å²) in [6.07, 6.45) is 4.37. The summed E-state index contributed by atoms with van der Waals surface area (Å²) < 4.78 is 0. The fourth-order valence-corrected chi connectivity index (χ4v) is 3.39. The van der Waals surface area contributed by atoms with Crippen LogP contribution < -0.4 is 4.90 Å². The molecule has 0 N–H and O–H groups in total. The molecule has 1 aliphatic rings. The summed E-state index contributed by atoms with van der Waals surface area (Å²) in [4.78, 5) is 7.22. The number of rotatable bonds is 2. The topological polar surface area (TPSA) is 16.1 Å². The van der Waals surface area contributed by atoms with Crippen molar-refractivity contribution >= 4 is 16.6 Å². The van der Waals surface area contributed by atoms with Gasteiger partial charge in [0.25, 0.3) is 0 Å². The molecule has 0 unspecified atom stereocenters. The Hall–Kier alpha value is -1.57. The average Bonchev–Trinajstić information content (AvgIpc) is 2.45. The number of fused-ring (bicyclic) bond motifs is 3. The van der Waals surface area contributed by atoms with E-state index in [1.54, 1.807) is 0 Å². The maximum atomic E-state index is 4.70. The molecule has 20 heavy (non-hydrogen) atoms. The molecular formula is C18H24N2. The highest BCUT2D eigenvalue weighted by atomic mass is 15.2. The van der Waals surface area contributed by atoms with E-state index in [1.807, 2.05) is 6.20 Å². The normalized spacial score (nSPS) is 15.2. The summed E-state index contributed by atoms with van der Waals surface area (Å²) in [6, 6.07) is 7.31. The van der Waals surface area contributed by atoms with Crippen LogP contribution in [0.2, 0.25) is 0 Å². The highest BCUT2D eigenvalue weighted by molar-refractivity contribution is 5.90. The maximum absolute atomic E-state index is 4.70. The Bertz CT molecular complexity index is 629. The molecule has 0 saturated carbocycles. The lowest BCUT2D eigenvalue weighted by Gasteiger charge is -2.35. The van der Waals surface area contributed by atoms with Gasteiger partial charge in [-0.25, -0.2) is 0 Å². The Morgan fingerprint density at radius 2 is 1.90 bits per heavy atom. The van der Waals surface area contributed by atoms with Gasteiger partial charge in [-0.2, -0.15) is 0 Å². The molecular weight excluding hydrogens is 244 g/mol. The van der Waals surface area contributed by atoms with Gasteiger partial charge >= 0.3 is 0 Å². The summed E-state index contributed by atoms with van der Waals surface area (Å²) in [5, 5.41) is 1.34. The Labute approximate surface area is 121 Å². The van der Waals surface area contributed by atoms with E-state index in [-0.39, 0.29) is 0 Å². The number of nitrogens with zero attached hydrogens (tertiary/aromatic N) is 2. The minimum absolute atomic E-state index is 0.545. The van der Waals surface area contributed by atoms with Crippen LogP contribution in [0.1, 0.15) is 51.2 Å². The average molecular weight is 268 g/mol. The predicted molar refractivity (Wildman–Crippen MR) is 86.6 cm³/mol. The van der Waals surface area contributed by atoms with Crippen molar-refractivity contribution in [3.05, 3.63) is 35.5 Å². The monoisotopic (exact) mass is 268 g/mol. The minimum Gasteiger partial charge on any atom is -0.369 e. The first-order valence-corrected chi connectivity index (χ1v) is 7.76. The van der Waals surface area contributed by atoms with Crippen molar-refractivity contribution in [2.24, 2.45) is 0 Å². The Morgan fingerprint density at radius 3 is 2.60 bits per heavy atom. The molecule has 0 atom stereocenters. The zero-order valence-electron chi connectivity index (χ0n) is 13.0. The molecule has 1 aromatic heterocycles. The molecule has 1 aliphatic heterocycles. The minimum atomic E-state index is 0.545.